The van der Waals surface area contributed by atoms with Crippen LogP contribution in [-0.2, 0) is 12.6 Å². The van der Waals surface area contributed by atoms with E-state index in [0.717, 1.165) is 6.42 Å². The summed E-state index contributed by atoms with van der Waals surface area (Å²) in [6.07, 6.45) is 1.12. The maximum atomic E-state index is 4.78. The van der Waals surface area contributed by atoms with Crippen molar-refractivity contribution >= 4 is 12.6 Å². The number of hydrogen-bond donors (Lipinski definition) is 0. The van der Waals surface area contributed by atoms with Gasteiger partial charge in [0.25, 0.3) is 0 Å². The molecule has 0 aromatic rings. The Balaban J connectivity index is 0. The Bertz CT molecular complexity index is 21.5. The summed E-state index contributed by atoms with van der Waals surface area (Å²) in [5, 5.41) is 0.468. The van der Waals surface area contributed by atoms with Crippen molar-refractivity contribution in [2.75, 3.05) is 0 Å². The molecule has 0 fully saturated rings. The van der Waals surface area contributed by atoms with Gasteiger partial charge in [0.2, 0.25) is 0 Å². The standard InChI is InChI=1S/C4H10S.K/c1-3-4(2)5;/h4-5H,3H2,1-2H3;/q;+1/p-1/t4-;/m1./s1. The van der Waals surface area contributed by atoms with E-state index in [2.05, 4.69) is 6.92 Å². The topological polar surface area (TPSA) is 0 Å². The Labute approximate surface area is 87.9 Å². The van der Waals surface area contributed by atoms with E-state index in [1.807, 2.05) is 6.92 Å². The summed E-state index contributed by atoms with van der Waals surface area (Å²) in [5.74, 6) is 0. The van der Waals surface area contributed by atoms with Crippen molar-refractivity contribution in [1.82, 2.24) is 0 Å². The van der Waals surface area contributed by atoms with E-state index in [1.54, 1.807) is 0 Å². The van der Waals surface area contributed by atoms with Crippen LogP contribution >= 0.6 is 0 Å². The third-order valence-corrected chi connectivity index (χ3v) is 0.908. The van der Waals surface area contributed by atoms with Crippen molar-refractivity contribution in [3.05, 3.63) is 0 Å². The average Bonchev–Trinajstić information content (AvgIpc) is 1.38. The van der Waals surface area contributed by atoms with Gasteiger partial charge in [-0.2, -0.15) is 5.25 Å². The summed E-state index contributed by atoms with van der Waals surface area (Å²) in [4.78, 5) is 0. The van der Waals surface area contributed by atoms with Gasteiger partial charge in [0.1, 0.15) is 0 Å². The smallest absolute Gasteiger partial charge is 0.789 e. The Hall–Kier alpha value is 1.99. The van der Waals surface area contributed by atoms with Crippen LogP contribution in [0.25, 0.3) is 0 Å². The molecule has 0 rings (SSSR count). The maximum Gasteiger partial charge on any atom is 1.00 e. The van der Waals surface area contributed by atoms with E-state index in [9.17, 15) is 0 Å². The summed E-state index contributed by atoms with van der Waals surface area (Å²) >= 11 is 4.78. The summed E-state index contributed by atoms with van der Waals surface area (Å²) in [6.45, 7) is 4.13. The quantitative estimate of drug-likeness (QED) is 0.301. The number of hydrogen-bond acceptors (Lipinski definition) is 1. The van der Waals surface area contributed by atoms with Gasteiger partial charge in [-0.3, -0.25) is 0 Å². The van der Waals surface area contributed by atoms with Crippen molar-refractivity contribution in [2.24, 2.45) is 0 Å². The second-order valence-corrected chi connectivity index (χ2v) is 2.02. The van der Waals surface area contributed by atoms with Crippen LogP contribution < -0.4 is 51.4 Å². The largest absolute Gasteiger partial charge is 1.00 e. The molecule has 0 aliphatic heterocycles. The van der Waals surface area contributed by atoms with Gasteiger partial charge in [-0.1, -0.05) is 20.3 Å². The fourth-order valence-corrected chi connectivity index (χ4v) is 0. The molecule has 0 spiro atoms. The Morgan fingerprint density at radius 2 is 1.83 bits per heavy atom. The minimum Gasteiger partial charge on any atom is -0.789 e. The van der Waals surface area contributed by atoms with Gasteiger partial charge in [-0.15, -0.1) is 0 Å². The van der Waals surface area contributed by atoms with Crippen LogP contribution in [0.3, 0.4) is 0 Å². The first-order valence-electron chi connectivity index (χ1n) is 1.93. The van der Waals surface area contributed by atoms with Gasteiger partial charge in [0.15, 0.2) is 0 Å². The van der Waals surface area contributed by atoms with Crippen LogP contribution in [0.2, 0.25) is 0 Å². The predicted molar refractivity (Wildman–Crippen MR) is 27.1 cm³/mol. The van der Waals surface area contributed by atoms with Crippen LogP contribution in [0.1, 0.15) is 20.3 Å². The molecule has 0 aliphatic carbocycles. The summed E-state index contributed by atoms with van der Waals surface area (Å²) < 4.78 is 0. The predicted octanol–water partition coefficient (Wildman–Crippen LogP) is -1.66. The van der Waals surface area contributed by atoms with E-state index >= 15 is 0 Å². The number of rotatable bonds is 1. The molecule has 0 unspecified atom stereocenters. The normalized spacial score (nSPS) is 12.5. The van der Waals surface area contributed by atoms with Crippen molar-refractivity contribution in [2.45, 2.75) is 25.5 Å². The first-order chi connectivity index (χ1) is 2.27. The van der Waals surface area contributed by atoms with Crippen LogP contribution in [0.5, 0.6) is 0 Å². The molecular formula is C4H9KS. The molecule has 0 bridgehead atoms. The van der Waals surface area contributed by atoms with Crippen molar-refractivity contribution in [3.63, 3.8) is 0 Å². The zero-order valence-corrected chi connectivity index (χ0v) is 8.63. The molecule has 0 heterocycles. The summed E-state index contributed by atoms with van der Waals surface area (Å²) in [6, 6.07) is 0. The van der Waals surface area contributed by atoms with Crippen molar-refractivity contribution in [3.8, 4) is 0 Å². The molecule has 0 amide bonds. The Morgan fingerprint density at radius 1 is 1.67 bits per heavy atom. The third kappa shape index (κ3) is 9.37. The van der Waals surface area contributed by atoms with Crippen LogP contribution in [0, 0.1) is 0 Å². The Kier molecular flexibility index (Phi) is 12.7. The molecule has 0 nitrogen and oxygen atoms in total. The van der Waals surface area contributed by atoms with Gasteiger partial charge >= 0.3 is 51.4 Å². The fraction of sp³-hybridized carbons (Fsp3) is 1.00. The Morgan fingerprint density at radius 3 is 1.83 bits per heavy atom. The monoisotopic (exact) mass is 128 g/mol. The minimum atomic E-state index is 0. The van der Waals surface area contributed by atoms with Crippen molar-refractivity contribution < 1.29 is 51.4 Å². The van der Waals surface area contributed by atoms with Gasteiger partial charge in [-0.25, -0.2) is 0 Å². The fourth-order valence-electron chi connectivity index (χ4n) is 0. The average molecular weight is 128 g/mol. The van der Waals surface area contributed by atoms with Gasteiger partial charge in [0.05, 0.1) is 0 Å². The van der Waals surface area contributed by atoms with Gasteiger partial charge in [-0.05, 0) is 0 Å². The first-order valence-corrected chi connectivity index (χ1v) is 2.40. The molecule has 0 radical (unpaired) electrons. The van der Waals surface area contributed by atoms with E-state index in [1.165, 1.54) is 0 Å². The SMILES string of the molecule is CC[C@@H](C)[S-].[K+]. The molecule has 0 aromatic carbocycles. The molecule has 0 N–H and O–H groups in total. The van der Waals surface area contributed by atoms with Crippen LogP contribution in [0.15, 0.2) is 0 Å². The molecule has 2 heteroatoms. The summed E-state index contributed by atoms with van der Waals surface area (Å²) in [5.41, 5.74) is 0. The molecular weight excluding hydrogens is 119 g/mol. The van der Waals surface area contributed by atoms with Gasteiger partial charge in [0, 0.05) is 0 Å². The zero-order valence-electron chi connectivity index (χ0n) is 4.69. The second-order valence-electron chi connectivity index (χ2n) is 1.22. The molecule has 6 heavy (non-hydrogen) atoms. The van der Waals surface area contributed by atoms with Gasteiger partial charge < -0.3 is 12.6 Å². The second kappa shape index (κ2) is 6.99. The molecule has 0 aliphatic rings. The van der Waals surface area contributed by atoms with E-state index in [0.29, 0.717) is 5.25 Å². The molecule has 1 atom stereocenters. The summed E-state index contributed by atoms with van der Waals surface area (Å²) in [7, 11) is 0. The molecule has 0 saturated heterocycles. The molecule has 32 valence electrons. The van der Waals surface area contributed by atoms with Crippen LogP contribution in [-0.4, -0.2) is 5.25 Å². The first kappa shape index (κ1) is 10.9. The van der Waals surface area contributed by atoms with Crippen molar-refractivity contribution in [1.29, 1.82) is 0 Å². The zero-order chi connectivity index (χ0) is 4.28. The minimum absolute atomic E-state index is 0. The molecule has 0 saturated carbocycles. The maximum absolute atomic E-state index is 4.78. The van der Waals surface area contributed by atoms with Crippen LogP contribution in [0.4, 0.5) is 0 Å². The van der Waals surface area contributed by atoms with E-state index in [4.69, 9.17) is 12.6 Å². The third-order valence-electron chi connectivity index (χ3n) is 0.575. The van der Waals surface area contributed by atoms with E-state index in [-0.39, 0.29) is 51.4 Å². The molecule has 0 aromatic heterocycles. The van der Waals surface area contributed by atoms with E-state index < -0.39 is 0 Å².